The van der Waals surface area contributed by atoms with Gasteiger partial charge >= 0.3 is 0 Å². The number of nitrogens with one attached hydrogen (secondary N) is 1. The quantitative estimate of drug-likeness (QED) is 0.623. The molecule has 4 aliphatic rings. The van der Waals surface area contributed by atoms with E-state index in [4.69, 9.17) is 15.5 Å². The zero-order valence-corrected chi connectivity index (χ0v) is 19.1. The van der Waals surface area contributed by atoms with E-state index in [1.165, 1.54) is 6.08 Å². The summed E-state index contributed by atoms with van der Waals surface area (Å²) in [4.78, 5) is 7.22. The second-order valence-corrected chi connectivity index (χ2v) is 9.33. The lowest BCUT2D eigenvalue weighted by Crippen LogP contribution is -2.42. The van der Waals surface area contributed by atoms with E-state index in [2.05, 4.69) is 22.9 Å². The molecule has 0 aromatic carbocycles. The van der Waals surface area contributed by atoms with Crippen molar-refractivity contribution in [1.29, 1.82) is 5.26 Å². The highest BCUT2D eigenvalue weighted by Gasteiger charge is 2.40. The van der Waals surface area contributed by atoms with E-state index in [0.29, 0.717) is 23.3 Å². The summed E-state index contributed by atoms with van der Waals surface area (Å²) in [6, 6.07) is 1.46. The van der Waals surface area contributed by atoms with Crippen LogP contribution in [0.5, 0.6) is 0 Å². The van der Waals surface area contributed by atoms with E-state index in [0.717, 1.165) is 59.9 Å². The van der Waals surface area contributed by atoms with E-state index in [1.54, 1.807) is 6.92 Å². The first-order valence-corrected chi connectivity index (χ1v) is 11.6. The number of allylic oxidation sites excluding steroid dienone is 2. The van der Waals surface area contributed by atoms with E-state index >= 15 is 0 Å². The van der Waals surface area contributed by atoms with Crippen LogP contribution in [0.1, 0.15) is 35.8 Å². The summed E-state index contributed by atoms with van der Waals surface area (Å²) in [6.45, 7) is 8.26. The van der Waals surface area contributed by atoms with Crippen molar-refractivity contribution in [2.45, 2.75) is 25.8 Å². The average molecular weight is 466 g/mol. The number of guanidine groups is 1. The molecule has 3 aliphatic heterocycles. The largest absolute Gasteiger partial charge is 0.509 e. The molecule has 33 heavy (non-hydrogen) atoms. The summed E-state index contributed by atoms with van der Waals surface area (Å²) in [7, 11) is 0. The van der Waals surface area contributed by atoms with Crippen LogP contribution < -0.4 is 11.1 Å². The highest BCUT2D eigenvalue weighted by Crippen LogP contribution is 2.48. The molecule has 4 heterocycles. The zero-order chi connectivity index (χ0) is 23.3. The number of thiophene rings is 1. The number of aliphatic imine (C=N–C) groups is 1. The Bertz CT molecular complexity index is 1250. The summed E-state index contributed by atoms with van der Waals surface area (Å²) >= 11 is 1.00. The smallest absolute Gasteiger partial charge is 0.199 e. The van der Waals surface area contributed by atoms with Gasteiger partial charge in [0.15, 0.2) is 5.96 Å². The molecule has 170 valence electrons. The Morgan fingerprint density at radius 1 is 1.42 bits per heavy atom. The van der Waals surface area contributed by atoms with E-state index in [9.17, 15) is 14.8 Å². The lowest BCUT2D eigenvalue weighted by molar-refractivity contribution is 0.206. The minimum atomic E-state index is -0.620. The first kappa shape index (κ1) is 21.5. The number of rotatable bonds is 3. The highest BCUT2D eigenvalue weighted by atomic mass is 32.1. The fraction of sp³-hybridized carbons (Fsp3) is 0.333. The minimum Gasteiger partial charge on any atom is -0.509 e. The monoisotopic (exact) mass is 465 g/mol. The molecule has 0 saturated carbocycles. The molecule has 4 N–H and O–H groups in total. The van der Waals surface area contributed by atoms with Crippen LogP contribution in [0.15, 0.2) is 51.9 Å². The van der Waals surface area contributed by atoms with Crippen molar-refractivity contribution in [3.63, 3.8) is 0 Å². The molecule has 9 heteroatoms. The van der Waals surface area contributed by atoms with Crippen molar-refractivity contribution in [1.82, 2.24) is 10.2 Å². The number of nitrogens with two attached hydrogens (primary N) is 1. The molecule has 0 bridgehead atoms. The van der Waals surface area contributed by atoms with Crippen molar-refractivity contribution in [2.24, 2.45) is 4.99 Å². The highest BCUT2D eigenvalue weighted by molar-refractivity contribution is 7.17. The summed E-state index contributed by atoms with van der Waals surface area (Å²) in [5, 5.41) is 24.7. The minimum absolute atomic E-state index is 0.0224. The number of nitrogens with zero attached hydrogens (tertiary/aromatic N) is 3. The number of aliphatic hydroxyl groups is 1. The van der Waals surface area contributed by atoms with Crippen LogP contribution in [0, 0.1) is 11.3 Å². The SMILES string of the molecule is C=C(C1=C(O)C2N=C(N3CCCC3)NC=C2C2=C1COC2)c1c(/C(F)=C\C)sc(N)c1C#N. The summed E-state index contributed by atoms with van der Waals surface area (Å²) in [6.07, 6.45) is 5.41. The maximum Gasteiger partial charge on any atom is 0.199 e. The van der Waals surface area contributed by atoms with Crippen molar-refractivity contribution in [3.05, 3.63) is 62.9 Å². The molecule has 1 aromatic heterocycles. The lowest BCUT2D eigenvalue weighted by atomic mass is 9.79. The maximum atomic E-state index is 14.7. The third-order valence-electron chi connectivity index (χ3n) is 6.45. The molecule has 1 aromatic rings. The molecule has 1 fully saturated rings. The number of fused-ring (bicyclic) bond motifs is 2. The van der Waals surface area contributed by atoms with E-state index in [1.807, 2.05) is 6.20 Å². The molecular formula is C24H24FN5O2S. The molecule has 7 nitrogen and oxygen atoms in total. The Hall–Kier alpha value is -3.35. The molecule has 5 rings (SSSR count). The summed E-state index contributed by atoms with van der Waals surface area (Å²) in [5.41, 5.74) is 9.88. The van der Waals surface area contributed by atoms with Gasteiger partial charge in [0.05, 0.1) is 23.7 Å². The number of likely N-dealkylation sites (tertiary alicyclic amines) is 1. The van der Waals surface area contributed by atoms with Gasteiger partial charge in [-0.3, -0.25) is 0 Å². The van der Waals surface area contributed by atoms with Crippen LogP contribution in [-0.2, 0) is 4.74 Å². The molecule has 0 spiro atoms. The zero-order valence-electron chi connectivity index (χ0n) is 18.2. The predicted octanol–water partition coefficient (Wildman–Crippen LogP) is 4.01. The Labute approximate surface area is 195 Å². The first-order chi connectivity index (χ1) is 16.0. The first-order valence-electron chi connectivity index (χ1n) is 10.8. The third kappa shape index (κ3) is 3.29. The molecule has 0 amide bonds. The van der Waals surface area contributed by atoms with Crippen molar-refractivity contribution < 1.29 is 14.2 Å². The number of anilines is 1. The second kappa shape index (κ2) is 8.21. The van der Waals surface area contributed by atoms with Gasteiger partial charge in [0.2, 0.25) is 0 Å². The third-order valence-corrected chi connectivity index (χ3v) is 7.48. The second-order valence-electron chi connectivity index (χ2n) is 8.28. The van der Waals surface area contributed by atoms with Crippen LogP contribution in [0.25, 0.3) is 11.4 Å². The normalized spacial score (nSPS) is 22.5. The van der Waals surface area contributed by atoms with E-state index < -0.39 is 11.9 Å². The summed E-state index contributed by atoms with van der Waals surface area (Å²) in [5.74, 6) is 0.252. The average Bonchev–Trinajstić information content (AvgIpc) is 3.58. The van der Waals surface area contributed by atoms with Crippen LogP contribution >= 0.6 is 11.3 Å². The Kier molecular flexibility index (Phi) is 5.35. The van der Waals surface area contributed by atoms with Gasteiger partial charge in [-0.05, 0) is 36.5 Å². The Morgan fingerprint density at radius 2 is 2.15 bits per heavy atom. The number of nitriles is 1. The van der Waals surface area contributed by atoms with Crippen LogP contribution in [0.2, 0.25) is 0 Å². The fourth-order valence-electron chi connectivity index (χ4n) is 4.82. The number of ether oxygens (including phenoxy) is 1. The lowest BCUT2D eigenvalue weighted by Gasteiger charge is -2.32. The molecule has 1 unspecified atom stereocenters. The Morgan fingerprint density at radius 3 is 2.85 bits per heavy atom. The van der Waals surface area contributed by atoms with Crippen LogP contribution in [0.4, 0.5) is 9.39 Å². The van der Waals surface area contributed by atoms with Gasteiger partial charge in [-0.2, -0.15) is 5.26 Å². The molecule has 1 saturated heterocycles. The Balaban J connectivity index is 1.66. The fourth-order valence-corrected chi connectivity index (χ4v) is 5.84. The van der Waals surface area contributed by atoms with Gasteiger partial charge < -0.3 is 25.8 Å². The van der Waals surface area contributed by atoms with Crippen LogP contribution in [-0.4, -0.2) is 48.3 Å². The standard InChI is InChI=1S/C24H24FN5O2S/c1-3-17(25)22-19(13(8-26)23(27)33-22)12(2)18-16-11-32-10-15(16)14-9-28-24(29-20(14)21(18)31)30-6-4-5-7-30/h3,9,20,31H,2,4-7,10-11,27H2,1H3,(H,28,29)/b17-3+. The van der Waals surface area contributed by atoms with Crippen molar-refractivity contribution in [2.75, 3.05) is 32.0 Å². The molecule has 1 atom stereocenters. The van der Waals surface area contributed by atoms with Gasteiger partial charge in [-0.25, -0.2) is 9.38 Å². The van der Waals surface area contributed by atoms with Gasteiger partial charge in [-0.15, -0.1) is 11.3 Å². The van der Waals surface area contributed by atoms with Gasteiger partial charge in [0.25, 0.3) is 0 Å². The number of hydrogen-bond donors (Lipinski definition) is 3. The van der Waals surface area contributed by atoms with Crippen molar-refractivity contribution in [3.8, 4) is 6.07 Å². The predicted molar refractivity (Wildman–Crippen MR) is 128 cm³/mol. The van der Waals surface area contributed by atoms with E-state index in [-0.39, 0.29) is 27.8 Å². The number of halogens is 1. The van der Waals surface area contributed by atoms with Crippen molar-refractivity contribution >= 4 is 33.7 Å². The van der Waals surface area contributed by atoms with Gasteiger partial charge in [0, 0.05) is 36.0 Å². The topological polar surface area (TPSA) is 107 Å². The summed E-state index contributed by atoms with van der Waals surface area (Å²) < 4.78 is 20.5. The maximum absolute atomic E-state index is 14.7. The number of hydrogen-bond acceptors (Lipinski definition) is 8. The molecular weight excluding hydrogens is 441 g/mol. The van der Waals surface area contributed by atoms with Gasteiger partial charge in [-0.1, -0.05) is 12.7 Å². The number of aliphatic hydroxyl groups excluding tert-OH is 1. The number of nitrogen functional groups attached to an aromatic ring is 1. The molecule has 0 radical (unpaired) electrons. The van der Waals surface area contributed by atoms with Gasteiger partial charge in [0.1, 0.15) is 28.7 Å². The van der Waals surface area contributed by atoms with Crippen LogP contribution in [0.3, 0.4) is 0 Å². The molecule has 1 aliphatic carbocycles.